The fourth-order valence-electron chi connectivity index (χ4n) is 3.44. The normalized spacial score (nSPS) is 28.7. The van der Waals surface area contributed by atoms with Gasteiger partial charge in [0.2, 0.25) is 0 Å². The summed E-state index contributed by atoms with van der Waals surface area (Å²) in [6, 6.07) is 8.83. The number of ether oxygens (including phenoxy) is 2. The van der Waals surface area contributed by atoms with Crippen molar-refractivity contribution in [2.45, 2.75) is 45.3 Å². The third-order valence-corrected chi connectivity index (χ3v) is 4.44. The van der Waals surface area contributed by atoms with Gasteiger partial charge < -0.3 is 9.47 Å². The maximum atomic E-state index is 5.52. The molecule has 0 amide bonds. The largest absolute Gasteiger partial charge is 0.346 e. The number of benzene rings is 1. The second-order valence-corrected chi connectivity index (χ2v) is 6.16. The van der Waals surface area contributed by atoms with Crippen molar-refractivity contribution in [3.8, 4) is 0 Å². The van der Waals surface area contributed by atoms with Crippen molar-refractivity contribution in [2.24, 2.45) is 11.8 Å². The van der Waals surface area contributed by atoms with Crippen LogP contribution in [0.15, 0.2) is 24.3 Å². The predicted octanol–water partition coefficient (Wildman–Crippen LogP) is 4.10. The molecule has 2 unspecified atom stereocenters. The Morgan fingerprint density at radius 3 is 2.47 bits per heavy atom. The highest BCUT2D eigenvalue weighted by Crippen LogP contribution is 2.31. The quantitative estimate of drug-likeness (QED) is 0.814. The highest BCUT2D eigenvalue weighted by atomic mass is 16.7. The Hall–Kier alpha value is -0.860. The van der Waals surface area contributed by atoms with Crippen LogP contribution in [0.2, 0.25) is 0 Å². The molecule has 0 bridgehead atoms. The van der Waals surface area contributed by atoms with E-state index in [0.717, 1.165) is 17.4 Å². The highest BCUT2D eigenvalue weighted by Gasteiger charge is 2.20. The first-order valence-electron chi connectivity index (χ1n) is 7.63. The van der Waals surface area contributed by atoms with Crippen LogP contribution in [-0.4, -0.2) is 13.2 Å². The van der Waals surface area contributed by atoms with Gasteiger partial charge in [0.25, 0.3) is 0 Å². The molecule has 1 aromatic carbocycles. The van der Waals surface area contributed by atoms with Crippen LogP contribution < -0.4 is 0 Å². The van der Waals surface area contributed by atoms with Crippen LogP contribution in [0.4, 0.5) is 0 Å². The minimum absolute atomic E-state index is 0.135. The van der Waals surface area contributed by atoms with Gasteiger partial charge >= 0.3 is 0 Å². The van der Waals surface area contributed by atoms with E-state index in [1.807, 2.05) is 0 Å². The van der Waals surface area contributed by atoms with Crippen molar-refractivity contribution in [1.29, 1.82) is 0 Å². The zero-order valence-corrected chi connectivity index (χ0v) is 11.8. The third kappa shape index (κ3) is 3.37. The molecular weight excluding hydrogens is 236 g/mol. The van der Waals surface area contributed by atoms with Crippen molar-refractivity contribution in [3.63, 3.8) is 0 Å². The molecule has 0 spiro atoms. The maximum Gasteiger partial charge on any atom is 0.184 e. The van der Waals surface area contributed by atoms with Gasteiger partial charge in [0.05, 0.1) is 13.2 Å². The molecule has 1 aromatic rings. The Labute approximate surface area is 116 Å². The summed E-state index contributed by atoms with van der Waals surface area (Å²) in [5.41, 5.74) is 2.61. The molecule has 0 aromatic heterocycles. The van der Waals surface area contributed by atoms with Crippen molar-refractivity contribution < 1.29 is 9.47 Å². The van der Waals surface area contributed by atoms with Crippen molar-refractivity contribution in [3.05, 3.63) is 35.4 Å². The topological polar surface area (TPSA) is 18.5 Å². The Bertz CT molecular complexity index is 392. The smallest absolute Gasteiger partial charge is 0.184 e. The molecule has 104 valence electrons. The van der Waals surface area contributed by atoms with Gasteiger partial charge in [0.1, 0.15) is 0 Å². The van der Waals surface area contributed by atoms with E-state index < -0.39 is 0 Å². The van der Waals surface area contributed by atoms with E-state index in [1.54, 1.807) is 0 Å². The lowest BCUT2D eigenvalue weighted by Crippen LogP contribution is -2.15. The zero-order chi connectivity index (χ0) is 13.1. The molecule has 2 heteroatoms. The van der Waals surface area contributed by atoms with E-state index >= 15 is 0 Å². The van der Waals surface area contributed by atoms with E-state index in [4.69, 9.17) is 9.47 Å². The van der Waals surface area contributed by atoms with Crippen LogP contribution >= 0.6 is 0 Å². The molecule has 3 rings (SSSR count). The lowest BCUT2D eigenvalue weighted by atomic mass is 9.79. The predicted molar refractivity (Wildman–Crippen MR) is 75.9 cm³/mol. The molecule has 2 fully saturated rings. The average Bonchev–Trinajstić information content (AvgIpc) is 2.94. The summed E-state index contributed by atoms with van der Waals surface area (Å²) in [6.45, 7) is 3.82. The van der Waals surface area contributed by atoms with Crippen molar-refractivity contribution in [1.82, 2.24) is 0 Å². The molecular formula is C17H24O2. The molecule has 0 N–H and O–H groups in total. The molecule has 1 aliphatic heterocycles. The van der Waals surface area contributed by atoms with Crippen LogP contribution in [-0.2, 0) is 15.9 Å². The minimum atomic E-state index is -0.135. The summed E-state index contributed by atoms with van der Waals surface area (Å²) in [5.74, 6) is 1.80. The van der Waals surface area contributed by atoms with Crippen LogP contribution in [0.5, 0.6) is 0 Å². The molecule has 2 aliphatic rings. The highest BCUT2D eigenvalue weighted by molar-refractivity contribution is 5.24. The van der Waals surface area contributed by atoms with E-state index in [1.165, 1.54) is 37.7 Å². The summed E-state index contributed by atoms with van der Waals surface area (Å²) in [6.07, 6.45) is 6.73. The van der Waals surface area contributed by atoms with Gasteiger partial charge in [0.15, 0.2) is 6.29 Å². The van der Waals surface area contributed by atoms with E-state index in [0.29, 0.717) is 13.2 Å². The number of hydrogen-bond acceptors (Lipinski definition) is 2. The molecule has 2 atom stereocenters. The zero-order valence-electron chi connectivity index (χ0n) is 11.8. The Balaban J connectivity index is 1.59. The second kappa shape index (κ2) is 6.06. The molecule has 1 saturated heterocycles. The lowest BCUT2D eigenvalue weighted by Gasteiger charge is -2.26. The SMILES string of the molecule is CC1CCCC(Cc2ccc(C3OCCO3)cc2)C1. The summed E-state index contributed by atoms with van der Waals surface area (Å²) in [5, 5.41) is 0. The second-order valence-electron chi connectivity index (χ2n) is 6.16. The molecule has 1 heterocycles. The number of hydrogen-bond donors (Lipinski definition) is 0. The standard InChI is InChI=1S/C17H24O2/c1-13-3-2-4-15(11-13)12-14-5-7-16(8-6-14)17-18-9-10-19-17/h5-8,13,15,17H,2-4,9-12H2,1H3. The van der Waals surface area contributed by atoms with E-state index in [-0.39, 0.29) is 6.29 Å². The van der Waals surface area contributed by atoms with Crippen LogP contribution in [0.25, 0.3) is 0 Å². The fourth-order valence-corrected chi connectivity index (χ4v) is 3.44. The van der Waals surface area contributed by atoms with Gasteiger partial charge in [0, 0.05) is 5.56 Å². The summed E-state index contributed by atoms with van der Waals surface area (Å²) in [4.78, 5) is 0. The first-order valence-corrected chi connectivity index (χ1v) is 7.63. The molecule has 1 saturated carbocycles. The Morgan fingerprint density at radius 1 is 1.05 bits per heavy atom. The van der Waals surface area contributed by atoms with Crippen LogP contribution in [0, 0.1) is 11.8 Å². The molecule has 0 radical (unpaired) electrons. The fraction of sp³-hybridized carbons (Fsp3) is 0.647. The van der Waals surface area contributed by atoms with E-state index in [9.17, 15) is 0 Å². The lowest BCUT2D eigenvalue weighted by molar-refractivity contribution is -0.0441. The summed E-state index contributed by atoms with van der Waals surface area (Å²) in [7, 11) is 0. The first-order chi connectivity index (χ1) is 9.31. The Morgan fingerprint density at radius 2 is 1.79 bits per heavy atom. The van der Waals surface area contributed by atoms with Gasteiger partial charge in [-0.2, -0.15) is 0 Å². The summed E-state index contributed by atoms with van der Waals surface area (Å²) < 4.78 is 11.0. The maximum absolute atomic E-state index is 5.52. The van der Waals surface area contributed by atoms with Gasteiger partial charge in [-0.15, -0.1) is 0 Å². The third-order valence-electron chi connectivity index (χ3n) is 4.44. The van der Waals surface area contributed by atoms with Gasteiger partial charge in [-0.05, 0) is 30.2 Å². The van der Waals surface area contributed by atoms with Gasteiger partial charge in [-0.1, -0.05) is 50.5 Å². The molecule has 1 aliphatic carbocycles. The Kier molecular flexibility index (Phi) is 4.19. The van der Waals surface area contributed by atoms with Gasteiger partial charge in [-0.25, -0.2) is 0 Å². The minimum Gasteiger partial charge on any atom is -0.346 e. The molecule has 19 heavy (non-hydrogen) atoms. The van der Waals surface area contributed by atoms with E-state index in [2.05, 4.69) is 31.2 Å². The first kappa shape index (κ1) is 13.1. The van der Waals surface area contributed by atoms with Crippen molar-refractivity contribution >= 4 is 0 Å². The van der Waals surface area contributed by atoms with Crippen LogP contribution in [0.1, 0.15) is 50.0 Å². The van der Waals surface area contributed by atoms with Gasteiger partial charge in [-0.3, -0.25) is 0 Å². The monoisotopic (exact) mass is 260 g/mol. The average molecular weight is 260 g/mol. The summed E-state index contributed by atoms with van der Waals surface area (Å²) >= 11 is 0. The number of rotatable bonds is 3. The van der Waals surface area contributed by atoms with Crippen molar-refractivity contribution in [2.75, 3.05) is 13.2 Å². The van der Waals surface area contributed by atoms with Crippen LogP contribution in [0.3, 0.4) is 0 Å². The molecule has 2 nitrogen and oxygen atoms in total.